The van der Waals surface area contributed by atoms with E-state index in [4.69, 9.17) is 11.6 Å². The molecule has 2 fully saturated rings. The van der Waals surface area contributed by atoms with Crippen molar-refractivity contribution in [3.8, 4) is 0 Å². The lowest BCUT2D eigenvalue weighted by molar-refractivity contribution is 0.139. The Balaban J connectivity index is 1.67. The minimum absolute atomic E-state index is 0.0277. The fraction of sp³-hybridized carbons (Fsp3) is 0.684. The summed E-state index contributed by atoms with van der Waals surface area (Å²) in [6.45, 7) is 4.64. The SMILES string of the molecule is CC1CCN(C(CNS(=O)(=O)NC2CCCC2)c2ccc(Cl)cc2)CC1. The molecule has 0 aromatic heterocycles. The molecule has 1 unspecified atom stereocenters. The van der Waals surface area contributed by atoms with Gasteiger partial charge in [-0.25, -0.2) is 4.72 Å². The average molecular weight is 400 g/mol. The van der Waals surface area contributed by atoms with Gasteiger partial charge in [0, 0.05) is 23.7 Å². The highest BCUT2D eigenvalue weighted by Crippen LogP contribution is 2.27. The van der Waals surface area contributed by atoms with Gasteiger partial charge in [-0.3, -0.25) is 4.90 Å². The predicted octanol–water partition coefficient (Wildman–Crippen LogP) is 3.48. The average Bonchev–Trinajstić information content (AvgIpc) is 3.10. The molecule has 1 heterocycles. The van der Waals surface area contributed by atoms with Gasteiger partial charge in [0.15, 0.2) is 0 Å². The monoisotopic (exact) mass is 399 g/mol. The Morgan fingerprint density at radius 1 is 1.12 bits per heavy atom. The lowest BCUT2D eigenvalue weighted by Gasteiger charge is -2.37. The number of rotatable bonds is 7. The first-order chi connectivity index (χ1) is 12.4. The minimum atomic E-state index is -3.48. The molecule has 0 spiro atoms. The first-order valence-electron chi connectivity index (χ1n) is 9.69. The van der Waals surface area contributed by atoms with Crippen LogP contribution in [-0.4, -0.2) is 39.0 Å². The summed E-state index contributed by atoms with van der Waals surface area (Å²) < 4.78 is 30.5. The van der Waals surface area contributed by atoms with Crippen LogP contribution in [0.2, 0.25) is 5.02 Å². The van der Waals surface area contributed by atoms with Gasteiger partial charge >= 0.3 is 0 Å². The largest absolute Gasteiger partial charge is 0.295 e. The quantitative estimate of drug-likeness (QED) is 0.737. The topological polar surface area (TPSA) is 61.4 Å². The van der Waals surface area contributed by atoms with Crippen molar-refractivity contribution < 1.29 is 8.42 Å². The molecule has 7 heteroatoms. The highest BCUT2D eigenvalue weighted by molar-refractivity contribution is 7.87. The Morgan fingerprint density at radius 3 is 2.35 bits per heavy atom. The molecule has 2 aliphatic rings. The fourth-order valence-corrected chi connectivity index (χ4v) is 5.24. The van der Waals surface area contributed by atoms with E-state index < -0.39 is 10.2 Å². The molecule has 1 aliphatic heterocycles. The molecule has 0 bridgehead atoms. The zero-order valence-corrected chi connectivity index (χ0v) is 17.0. The molecule has 146 valence electrons. The van der Waals surface area contributed by atoms with Crippen molar-refractivity contribution in [3.63, 3.8) is 0 Å². The Labute approximate surface area is 162 Å². The summed E-state index contributed by atoms with van der Waals surface area (Å²) in [6.07, 6.45) is 6.38. The maximum absolute atomic E-state index is 12.4. The van der Waals surface area contributed by atoms with E-state index in [0.29, 0.717) is 11.6 Å². The molecule has 5 nitrogen and oxygen atoms in total. The first-order valence-corrected chi connectivity index (χ1v) is 11.6. The molecule has 26 heavy (non-hydrogen) atoms. The number of hydrogen-bond acceptors (Lipinski definition) is 3. The zero-order valence-electron chi connectivity index (χ0n) is 15.5. The number of nitrogens with zero attached hydrogens (tertiary/aromatic N) is 1. The van der Waals surface area contributed by atoms with E-state index in [2.05, 4.69) is 21.3 Å². The number of benzene rings is 1. The summed E-state index contributed by atoms with van der Waals surface area (Å²) in [5.74, 6) is 0.734. The van der Waals surface area contributed by atoms with Gasteiger partial charge in [0.1, 0.15) is 0 Å². The third kappa shape index (κ3) is 5.67. The summed E-state index contributed by atoms with van der Waals surface area (Å²) in [7, 11) is -3.48. The molecule has 1 saturated carbocycles. The van der Waals surface area contributed by atoms with Crippen LogP contribution in [0, 0.1) is 5.92 Å². The molecular formula is C19H30ClN3O2S. The first kappa shape index (κ1) is 20.1. The van der Waals surface area contributed by atoms with E-state index in [0.717, 1.165) is 63.1 Å². The second kappa shape index (κ2) is 9.02. The standard InChI is InChI=1S/C19H30ClN3O2S/c1-15-10-12-23(13-11-15)19(16-6-8-17(20)9-7-16)14-21-26(24,25)22-18-4-2-3-5-18/h6-9,15,18-19,21-22H,2-5,10-14H2,1H3. The van der Waals surface area contributed by atoms with Crippen LogP contribution in [0.25, 0.3) is 0 Å². The number of likely N-dealkylation sites (tertiary alicyclic amines) is 1. The highest BCUT2D eigenvalue weighted by atomic mass is 35.5. The predicted molar refractivity (Wildman–Crippen MR) is 106 cm³/mol. The van der Waals surface area contributed by atoms with E-state index in [-0.39, 0.29) is 12.1 Å². The van der Waals surface area contributed by atoms with Crippen molar-refractivity contribution in [2.24, 2.45) is 5.92 Å². The maximum Gasteiger partial charge on any atom is 0.277 e. The van der Waals surface area contributed by atoms with Gasteiger partial charge in [-0.2, -0.15) is 13.1 Å². The molecular weight excluding hydrogens is 370 g/mol. The Bertz CT molecular complexity index is 667. The van der Waals surface area contributed by atoms with Crippen LogP contribution in [0.15, 0.2) is 24.3 Å². The van der Waals surface area contributed by atoms with E-state index >= 15 is 0 Å². The molecule has 0 radical (unpaired) electrons. The van der Waals surface area contributed by atoms with Crippen molar-refractivity contribution in [1.82, 2.24) is 14.3 Å². The van der Waals surface area contributed by atoms with Gasteiger partial charge < -0.3 is 0 Å². The summed E-state index contributed by atoms with van der Waals surface area (Å²) in [5, 5.41) is 0.697. The molecule has 1 atom stereocenters. The normalized spacial score (nSPS) is 21.9. The maximum atomic E-state index is 12.4. The fourth-order valence-electron chi connectivity index (χ4n) is 3.98. The van der Waals surface area contributed by atoms with Crippen LogP contribution in [0.1, 0.15) is 57.1 Å². The molecule has 1 saturated heterocycles. The number of halogens is 1. The van der Waals surface area contributed by atoms with Gasteiger partial charge in [0.05, 0.1) is 0 Å². The van der Waals surface area contributed by atoms with E-state index in [9.17, 15) is 8.42 Å². The van der Waals surface area contributed by atoms with Crippen molar-refractivity contribution in [1.29, 1.82) is 0 Å². The van der Waals surface area contributed by atoms with Crippen LogP contribution in [0.4, 0.5) is 0 Å². The van der Waals surface area contributed by atoms with Gasteiger partial charge in [-0.15, -0.1) is 0 Å². The molecule has 3 rings (SSSR count). The van der Waals surface area contributed by atoms with Crippen LogP contribution in [0.5, 0.6) is 0 Å². The third-order valence-electron chi connectivity index (χ3n) is 5.66. The van der Waals surface area contributed by atoms with Crippen LogP contribution in [-0.2, 0) is 10.2 Å². The molecule has 1 aromatic rings. The summed E-state index contributed by atoms with van der Waals surface area (Å²) in [4.78, 5) is 2.39. The van der Waals surface area contributed by atoms with Crippen molar-refractivity contribution in [2.45, 2.75) is 57.5 Å². The van der Waals surface area contributed by atoms with Crippen LogP contribution >= 0.6 is 11.6 Å². The van der Waals surface area contributed by atoms with E-state index in [1.54, 1.807) is 0 Å². The van der Waals surface area contributed by atoms with Crippen molar-refractivity contribution >= 4 is 21.8 Å². The molecule has 1 aromatic carbocycles. The van der Waals surface area contributed by atoms with Crippen molar-refractivity contribution in [2.75, 3.05) is 19.6 Å². The summed E-state index contributed by atoms with van der Waals surface area (Å²) >= 11 is 6.03. The minimum Gasteiger partial charge on any atom is -0.295 e. The van der Waals surface area contributed by atoms with E-state index in [1.165, 1.54) is 0 Å². The molecule has 0 amide bonds. The van der Waals surface area contributed by atoms with Crippen molar-refractivity contribution in [3.05, 3.63) is 34.9 Å². The summed E-state index contributed by atoms with van der Waals surface area (Å²) in [5.41, 5.74) is 1.10. The van der Waals surface area contributed by atoms with Gasteiger partial charge in [0.2, 0.25) is 0 Å². The lowest BCUT2D eigenvalue weighted by Crippen LogP contribution is -2.46. The molecule has 1 aliphatic carbocycles. The smallest absolute Gasteiger partial charge is 0.277 e. The van der Waals surface area contributed by atoms with Crippen LogP contribution < -0.4 is 9.44 Å². The van der Waals surface area contributed by atoms with Gasteiger partial charge in [0.25, 0.3) is 10.2 Å². The van der Waals surface area contributed by atoms with E-state index in [1.807, 2.05) is 24.3 Å². The second-order valence-electron chi connectivity index (χ2n) is 7.74. The van der Waals surface area contributed by atoms with Crippen LogP contribution in [0.3, 0.4) is 0 Å². The summed E-state index contributed by atoms with van der Waals surface area (Å²) in [6, 6.07) is 7.87. The zero-order chi connectivity index (χ0) is 18.6. The second-order valence-corrected chi connectivity index (χ2v) is 9.70. The number of piperidine rings is 1. The Hall–Kier alpha value is -0.660. The van der Waals surface area contributed by atoms with Gasteiger partial charge in [-0.05, 0) is 62.4 Å². The lowest BCUT2D eigenvalue weighted by atomic mass is 9.96. The third-order valence-corrected chi connectivity index (χ3v) is 7.10. The highest BCUT2D eigenvalue weighted by Gasteiger charge is 2.27. The number of nitrogens with one attached hydrogen (secondary N) is 2. The Kier molecular flexibility index (Phi) is 6.97. The van der Waals surface area contributed by atoms with Gasteiger partial charge in [-0.1, -0.05) is 43.5 Å². The Morgan fingerprint density at radius 2 is 1.73 bits per heavy atom. The molecule has 2 N–H and O–H groups in total. The number of hydrogen-bond donors (Lipinski definition) is 2.